The summed E-state index contributed by atoms with van der Waals surface area (Å²) < 4.78 is 0. The van der Waals surface area contributed by atoms with Crippen LogP contribution < -0.4 is 5.32 Å². The Labute approximate surface area is 126 Å². The van der Waals surface area contributed by atoms with Crippen molar-refractivity contribution in [3.05, 3.63) is 35.9 Å². The predicted octanol–water partition coefficient (Wildman–Crippen LogP) is 3.87. The van der Waals surface area contributed by atoms with Crippen LogP contribution in [0.25, 0.3) is 0 Å². The molecular weight excluding hydrogens is 264 g/mol. The lowest BCUT2D eigenvalue weighted by Gasteiger charge is -2.40. The summed E-state index contributed by atoms with van der Waals surface area (Å²) in [6.45, 7) is 3.34. The van der Waals surface area contributed by atoms with Crippen molar-refractivity contribution in [3.8, 4) is 0 Å². The Hall–Kier alpha value is -0.960. The molecule has 1 aromatic rings. The molecule has 2 nitrogen and oxygen atoms in total. The summed E-state index contributed by atoms with van der Waals surface area (Å²) in [4.78, 5) is 4.85. The van der Waals surface area contributed by atoms with E-state index in [0.29, 0.717) is 11.5 Å². The maximum atomic E-state index is 4.85. The molecule has 0 amide bonds. The molecule has 1 aliphatic heterocycles. The van der Waals surface area contributed by atoms with E-state index in [1.165, 1.54) is 36.4 Å². The number of thioether (sulfide) groups is 1. The number of benzene rings is 1. The third-order valence-electron chi connectivity index (χ3n) is 4.80. The van der Waals surface area contributed by atoms with E-state index in [9.17, 15) is 0 Å². The van der Waals surface area contributed by atoms with Crippen molar-refractivity contribution < 1.29 is 0 Å². The van der Waals surface area contributed by atoms with Gasteiger partial charge in [-0.1, -0.05) is 55.4 Å². The van der Waals surface area contributed by atoms with Gasteiger partial charge in [0, 0.05) is 18.3 Å². The Balaban J connectivity index is 1.51. The molecular formula is C17H24N2S. The van der Waals surface area contributed by atoms with Crippen LogP contribution in [0.3, 0.4) is 0 Å². The molecule has 1 atom stereocenters. The fourth-order valence-electron chi connectivity index (χ4n) is 3.08. The molecule has 3 rings (SSSR count). The Kier molecular flexibility index (Phi) is 4.35. The third kappa shape index (κ3) is 3.20. The van der Waals surface area contributed by atoms with E-state index in [2.05, 4.69) is 42.6 Å². The van der Waals surface area contributed by atoms with Gasteiger partial charge >= 0.3 is 0 Å². The molecule has 1 aromatic carbocycles. The van der Waals surface area contributed by atoms with Crippen molar-refractivity contribution in [2.75, 3.05) is 12.3 Å². The average Bonchev–Trinajstić information content (AvgIpc) is 2.87. The molecule has 0 aromatic heterocycles. The summed E-state index contributed by atoms with van der Waals surface area (Å²) in [5.41, 5.74) is 1.95. The number of rotatable bonds is 5. The minimum atomic E-state index is 0.534. The van der Waals surface area contributed by atoms with Crippen LogP contribution in [-0.4, -0.2) is 23.5 Å². The second kappa shape index (κ2) is 6.21. The van der Waals surface area contributed by atoms with E-state index in [1.54, 1.807) is 0 Å². The van der Waals surface area contributed by atoms with Gasteiger partial charge < -0.3 is 5.32 Å². The first-order valence-electron chi connectivity index (χ1n) is 7.77. The lowest BCUT2D eigenvalue weighted by molar-refractivity contribution is 0.139. The van der Waals surface area contributed by atoms with Gasteiger partial charge in [0.25, 0.3) is 0 Å². The normalized spacial score (nSPS) is 26.2. The van der Waals surface area contributed by atoms with Crippen LogP contribution in [0, 0.1) is 5.41 Å². The van der Waals surface area contributed by atoms with E-state index in [1.807, 2.05) is 11.8 Å². The van der Waals surface area contributed by atoms with Gasteiger partial charge in [0.15, 0.2) is 5.17 Å². The van der Waals surface area contributed by atoms with Gasteiger partial charge in [-0.2, -0.15) is 0 Å². The second-order valence-corrected chi connectivity index (χ2v) is 7.18. The molecule has 0 spiro atoms. The van der Waals surface area contributed by atoms with Gasteiger partial charge in [0.05, 0.1) is 0 Å². The summed E-state index contributed by atoms with van der Waals surface area (Å²) in [6, 6.07) is 11.3. The molecule has 1 saturated carbocycles. The highest BCUT2D eigenvalue weighted by Crippen LogP contribution is 2.44. The number of hydrogen-bond donors (Lipinski definition) is 1. The topological polar surface area (TPSA) is 24.4 Å². The van der Waals surface area contributed by atoms with Crippen LogP contribution >= 0.6 is 11.8 Å². The zero-order valence-corrected chi connectivity index (χ0v) is 13.1. The van der Waals surface area contributed by atoms with E-state index >= 15 is 0 Å². The monoisotopic (exact) mass is 288 g/mol. The van der Waals surface area contributed by atoms with Crippen molar-refractivity contribution in [2.24, 2.45) is 10.4 Å². The van der Waals surface area contributed by atoms with Gasteiger partial charge in [-0.3, -0.25) is 4.99 Å². The molecule has 0 radical (unpaired) electrons. The van der Waals surface area contributed by atoms with Crippen LogP contribution in [0.15, 0.2) is 35.3 Å². The molecule has 108 valence electrons. The van der Waals surface area contributed by atoms with Gasteiger partial charge in [-0.05, 0) is 36.7 Å². The lowest BCUT2D eigenvalue weighted by atomic mass is 9.67. The molecule has 3 heteroatoms. The third-order valence-corrected chi connectivity index (χ3v) is 5.89. The quantitative estimate of drug-likeness (QED) is 0.889. The fraction of sp³-hybridized carbons (Fsp3) is 0.588. The summed E-state index contributed by atoms with van der Waals surface area (Å²) in [5.74, 6) is 1.15. The highest BCUT2D eigenvalue weighted by atomic mass is 32.2. The molecule has 1 N–H and O–H groups in total. The van der Waals surface area contributed by atoms with Gasteiger partial charge in [0.1, 0.15) is 0 Å². The highest BCUT2D eigenvalue weighted by Gasteiger charge is 2.35. The van der Waals surface area contributed by atoms with Gasteiger partial charge in [-0.25, -0.2) is 0 Å². The van der Waals surface area contributed by atoms with Crippen LogP contribution in [0.1, 0.15) is 38.2 Å². The first-order valence-corrected chi connectivity index (χ1v) is 8.76. The van der Waals surface area contributed by atoms with Crippen molar-refractivity contribution in [2.45, 2.75) is 45.1 Å². The van der Waals surface area contributed by atoms with Crippen LogP contribution in [0.5, 0.6) is 0 Å². The molecule has 1 aliphatic carbocycles. The standard InChI is InChI=1S/C17H24N2S/c1-2-17(9-6-10-17)13-18-16-19-15(12-20-16)11-14-7-4-3-5-8-14/h3-5,7-8,15H,2,6,9-13H2,1H3,(H,18,19). The van der Waals surface area contributed by atoms with Crippen molar-refractivity contribution in [1.82, 2.24) is 5.32 Å². The second-order valence-electron chi connectivity index (χ2n) is 6.17. The van der Waals surface area contributed by atoms with E-state index < -0.39 is 0 Å². The molecule has 1 saturated heterocycles. The first-order chi connectivity index (χ1) is 9.80. The predicted molar refractivity (Wildman–Crippen MR) is 88.4 cm³/mol. The first kappa shape index (κ1) is 14.0. The molecule has 2 aliphatic rings. The number of nitrogens with one attached hydrogen (secondary N) is 1. The van der Waals surface area contributed by atoms with Crippen LogP contribution in [0.4, 0.5) is 0 Å². The number of amidine groups is 1. The number of nitrogens with zero attached hydrogens (tertiary/aromatic N) is 1. The maximum absolute atomic E-state index is 4.85. The maximum Gasteiger partial charge on any atom is 0.156 e. The highest BCUT2D eigenvalue weighted by molar-refractivity contribution is 8.14. The SMILES string of the molecule is CCC1(CN=C2NC(Cc3ccccc3)CS2)CCC1. The summed E-state index contributed by atoms with van der Waals surface area (Å²) in [7, 11) is 0. The summed E-state index contributed by atoms with van der Waals surface area (Å²) >= 11 is 1.89. The Morgan fingerprint density at radius 2 is 2.10 bits per heavy atom. The summed E-state index contributed by atoms with van der Waals surface area (Å²) in [5, 5.41) is 4.77. The van der Waals surface area contributed by atoms with Crippen LogP contribution in [-0.2, 0) is 6.42 Å². The molecule has 1 heterocycles. The van der Waals surface area contributed by atoms with Gasteiger partial charge in [-0.15, -0.1) is 0 Å². The van der Waals surface area contributed by atoms with E-state index in [-0.39, 0.29) is 0 Å². The minimum absolute atomic E-state index is 0.534. The zero-order valence-electron chi connectivity index (χ0n) is 12.3. The number of hydrogen-bond acceptors (Lipinski definition) is 2. The molecule has 1 unspecified atom stereocenters. The van der Waals surface area contributed by atoms with Crippen molar-refractivity contribution in [3.63, 3.8) is 0 Å². The molecule has 2 fully saturated rings. The average molecular weight is 288 g/mol. The Bertz CT molecular complexity index is 460. The van der Waals surface area contributed by atoms with E-state index in [4.69, 9.17) is 4.99 Å². The molecule has 0 bridgehead atoms. The van der Waals surface area contributed by atoms with Crippen LogP contribution in [0.2, 0.25) is 0 Å². The van der Waals surface area contributed by atoms with E-state index in [0.717, 1.165) is 18.7 Å². The number of aliphatic imine (C=N–C) groups is 1. The largest absolute Gasteiger partial charge is 0.361 e. The smallest absolute Gasteiger partial charge is 0.156 e. The lowest BCUT2D eigenvalue weighted by Crippen LogP contribution is -2.33. The summed E-state index contributed by atoms with van der Waals surface area (Å²) in [6.07, 6.45) is 6.53. The van der Waals surface area contributed by atoms with Crippen molar-refractivity contribution >= 4 is 16.9 Å². The fourth-order valence-corrected chi connectivity index (χ4v) is 4.04. The van der Waals surface area contributed by atoms with Gasteiger partial charge in [0.2, 0.25) is 0 Å². The Morgan fingerprint density at radius 1 is 1.30 bits per heavy atom. The Morgan fingerprint density at radius 3 is 2.75 bits per heavy atom. The van der Waals surface area contributed by atoms with Crippen molar-refractivity contribution in [1.29, 1.82) is 0 Å². The minimum Gasteiger partial charge on any atom is -0.361 e. The molecule has 20 heavy (non-hydrogen) atoms. The zero-order chi connectivity index (χ0) is 13.8.